The lowest BCUT2D eigenvalue weighted by Crippen LogP contribution is -2.50. The lowest BCUT2D eigenvalue weighted by molar-refractivity contribution is -0.136. The number of aromatic nitrogens is 1. The number of halogens is 6. The van der Waals surface area contributed by atoms with Crippen LogP contribution < -0.4 is 14.4 Å². The highest BCUT2D eigenvalue weighted by Crippen LogP contribution is 2.49. The average Bonchev–Trinajstić information content (AvgIpc) is 3.06. The number of benzene rings is 1. The Bertz CT molecular complexity index is 957. The van der Waals surface area contributed by atoms with E-state index in [1.807, 2.05) is 0 Å². The van der Waals surface area contributed by atoms with Gasteiger partial charge >= 0.3 is 12.4 Å². The van der Waals surface area contributed by atoms with Crippen LogP contribution in [-0.4, -0.2) is 36.0 Å². The topological polar surface area (TPSA) is 34.6 Å². The Labute approximate surface area is 168 Å². The Morgan fingerprint density at radius 2 is 1.90 bits per heavy atom. The van der Waals surface area contributed by atoms with Crippen molar-refractivity contribution in [2.24, 2.45) is 0 Å². The minimum absolute atomic E-state index is 0.00722. The van der Waals surface area contributed by atoms with Crippen LogP contribution >= 0.6 is 0 Å². The van der Waals surface area contributed by atoms with Gasteiger partial charge in [0.15, 0.2) is 5.75 Å². The molecule has 2 atom stereocenters. The number of hydrogen-bond donors (Lipinski definition) is 0. The molecule has 30 heavy (non-hydrogen) atoms. The molecule has 1 aliphatic heterocycles. The van der Waals surface area contributed by atoms with Crippen molar-refractivity contribution in [3.8, 4) is 11.6 Å². The summed E-state index contributed by atoms with van der Waals surface area (Å²) < 4.78 is 92.7. The molecular formula is C20H20F6N2O2. The number of alkyl halides is 6. The maximum atomic E-state index is 13.9. The summed E-state index contributed by atoms with van der Waals surface area (Å²) in [6.45, 7) is 2.06. The van der Waals surface area contributed by atoms with Crippen LogP contribution in [-0.2, 0) is 6.18 Å². The first-order valence-electron chi connectivity index (χ1n) is 9.65. The first-order chi connectivity index (χ1) is 13.9. The SMILES string of the molecule is CC(C)Oc1cc(C(F)(F)F)c2c3c(ccc2n1)N(CC(F)(F)F)[C@@H]1CCC[C@@H]1O3. The molecule has 0 N–H and O–H groups in total. The predicted molar refractivity (Wildman–Crippen MR) is 98.0 cm³/mol. The largest absolute Gasteiger partial charge is 0.485 e. The first kappa shape index (κ1) is 20.9. The molecule has 0 spiro atoms. The lowest BCUT2D eigenvalue weighted by atomic mass is 10.0. The highest BCUT2D eigenvalue weighted by molar-refractivity contribution is 5.95. The third-order valence-corrected chi connectivity index (χ3v) is 5.29. The molecule has 2 heterocycles. The van der Waals surface area contributed by atoms with E-state index in [2.05, 4.69) is 4.98 Å². The second-order valence-corrected chi connectivity index (χ2v) is 7.88. The monoisotopic (exact) mass is 434 g/mol. The summed E-state index contributed by atoms with van der Waals surface area (Å²) in [5.41, 5.74) is -1.07. The van der Waals surface area contributed by atoms with Crippen molar-refractivity contribution in [2.45, 2.75) is 63.7 Å². The molecule has 0 amide bonds. The van der Waals surface area contributed by atoms with Gasteiger partial charge in [0.2, 0.25) is 5.88 Å². The molecule has 0 saturated heterocycles. The van der Waals surface area contributed by atoms with Gasteiger partial charge in [-0.25, -0.2) is 4.98 Å². The molecule has 1 aromatic heterocycles. The Morgan fingerprint density at radius 3 is 2.53 bits per heavy atom. The maximum Gasteiger partial charge on any atom is 0.417 e. The van der Waals surface area contributed by atoms with E-state index in [4.69, 9.17) is 9.47 Å². The standard InChI is InChI=1S/C20H20F6N2O2/c1-10(2)29-16-8-11(20(24,25)26)17-12(27-16)6-7-14-18(17)30-15-5-3-4-13(15)28(14)9-19(21,22)23/h6-8,10,13,15H,3-5,9H2,1-2H3/t13-,15+/m1/s1. The van der Waals surface area contributed by atoms with Gasteiger partial charge in [-0.15, -0.1) is 0 Å². The molecule has 1 aliphatic carbocycles. The molecule has 4 nitrogen and oxygen atoms in total. The zero-order chi connectivity index (χ0) is 21.8. The van der Waals surface area contributed by atoms with E-state index in [0.717, 1.165) is 11.0 Å². The molecule has 2 aromatic rings. The van der Waals surface area contributed by atoms with Crippen molar-refractivity contribution in [1.29, 1.82) is 0 Å². The van der Waals surface area contributed by atoms with Crippen LogP contribution in [0, 0.1) is 0 Å². The van der Waals surface area contributed by atoms with E-state index in [1.54, 1.807) is 13.8 Å². The van der Waals surface area contributed by atoms with Crippen LogP contribution in [0.5, 0.6) is 11.6 Å². The van der Waals surface area contributed by atoms with Crippen LogP contribution in [0.4, 0.5) is 32.0 Å². The quantitative estimate of drug-likeness (QED) is 0.579. The third kappa shape index (κ3) is 3.83. The average molecular weight is 434 g/mol. The number of nitrogens with zero attached hydrogens (tertiary/aromatic N) is 2. The smallest absolute Gasteiger partial charge is 0.417 e. The van der Waals surface area contributed by atoms with Gasteiger partial charge < -0.3 is 14.4 Å². The third-order valence-electron chi connectivity index (χ3n) is 5.29. The Balaban J connectivity index is 1.94. The predicted octanol–water partition coefficient (Wildman–Crippen LogP) is 5.72. The molecule has 164 valence electrons. The summed E-state index contributed by atoms with van der Waals surface area (Å²) in [6.07, 6.45) is -8.65. The van der Waals surface area contributed by atoms with Crippen LogP contribution in [0.1, 0.15) is 38.7 Å². The summed E-state index contributed by atoms with van der Waals surface area (Å²) in [6, 6.07) is 2.89. The van der Waals surface area contributed by atoms with Gasteiger partial charge in [0, 0.05) is 6.07 Å². The summed E-state index contributed by atoms with van der Waals surface area (Å²) >= 11 is 0. The molecule has 0 radical (unpaired) electrons. The summed E-state index contributed by atoms with van der Waals surface area (Å²) in [5, 5.41) is -0.339. The fraction of sp³-hybridized carbons (Fsp3) is 0.550. The fourth-order valence-corrected chi connectivity index (χ4v) is 4.26. The summed E-state index contributed by atoms with van der Waals surface area (Å²) in [7, 11) is 0. The van der Waals surface area contributed by atoms with Crippen molar-refractivity contribution >= 4 is 16.6 Å². The fourth-order valence-electron chi connectivity index (χ4n) is 4.26. The van der Waals surface area contributed by atoms with Crippen molar-refractivity contribution in [3.63, 3.8) is 0 Å². The maximum absolute atomic E-state index is 13.9. The number of rotatable bonds is 3. The molecule has 10 heteroatoms. The molecule has 0 unspecified atom stereocenters. The van der Waals surface area contributed by atoms with Crippen molar-refractivity contribution < 1.29 is 35.8 Å². The zero-order valence-corrected chi connectivity index (χ0v) is 16.3. The molecule has 0 bridgehead atoms. The summed E-state index contributed by atoms with van der Waals surface area (Å²) in [5.74, 6) is -0.401. The van der Waals surface area contributed by atoms with E-state index >= 15 is 0 Å². The van der Waals surface area contributed by atoms with E-state index in [1.165, 1.54) is 12.1 Å². The van der Waals surface area contributed by atoms with Crippen LogP contribution in [0.3, 0.4) is 0 Å². The van der Waals surface area contributed by atoms with Gasteiger partial charge in [-0.3, -0.25) is 0 Å². The lowest BCUT2D eigenvalue weighted by Gasteiger charge is -2.41. The highest BCUT2D eigenvalue weighted by atomic mass is 19.4. The second kappa shape index (κ2) is 7.09. The van der Waals surface area contributed by atoms with Crippen LogP contribution in [0.15, 0.2) is 18.2 Å². The highest BCUT2D eigenvalue weighted by Gasteiger charge is 2.45. The molecule has 1 saturated carbocycles. The first-order valence-corrected chi connectivity index (χ1v) is 9.65. The Kier molecular flexibility index (Phi) is 4.93. The second-order valence-electron chi connectivity index (χ2n) is 7.88. The van der Waals surface area contributed by atoms with Gasteiger partial charge in [-0.2, -0.15) is 26.3 Å². The van der Waals surface area contributed by atoms with E-state index in [-0.39, 0.29) is 28.2 Å². The van der Waals surface area contributed by atoms with Gasteiger partial charge in [-0.1, -0.05) is 0 Å². The number of anilines is 1. The molecule has 1 aromatic carbocycles. The minimum atomic E-state index is -4.77. The number of hydrogen-bond acceptors (Lipinski definition) is 4. The van der Waals surface area contributed by atoms with Gasteiger partial charge in [-0.05, 0) is 45.2 Å². The van der Waals surface area contributed by atoms with E-state index in [0.29, 0.717) is 19.3 Å². The molecular weight excluding hydrogens is 414 g/mol. The minimum Gasteiger partial charge on any atom is -0.485 e. The van der Waals surface area contributed by atoms with Gasteiger partial charge in [0.25, 0.3) is 0 Å². The molecule has 2 aliphatic rings. The number of fused-ring (bicyclic) bond motifs is 4. The van der Waals surface area contributed by atoms with Gasteiger partial charge in [0.05, 0.1) is 34.3 Å². The van der Waals surface area contributed by atoms with Crippen molar-refractivity contribution in [3.05, 3.63) is 23.8 Å². The van der Waals surface area contributed by atoms with Crippen molar-refractivity contribution in [2.75, 3.05) is 11.4 Å². The van der Waals surface area contributed by atoms with Crippen molar-refractivity contribution in [1.82, 2.24) is 4.98 Å². The van der Waals surface area contributed by atoms with Gasteiger partial charge in [0.1, 0.15) is 12.6 Å². The van der Waals surface area contributed by atoms with Crippen LogP contribution in [0.25, 0.3) is 10.9 Å². The normalized spacial score (nSPS) is 21.6. The number of ether oxygens (including phenoxy) is 2. The molecule has 4 rings (SSSR count). The summed E-state index contributed by atoms with van der Waals surface area (Å²) in [4.78, 5) is 5.27. The van der Waals surface area contributed by atoms with Crippen LogP contribution in [0.2, 0.25) is 0 Å². The van der Waals surface area contributed by atoms with E-state index < -0.39 is 42.7 Å². The molecule has 1 fully saturated rings. The zero-order valence-electron chi connectivity index (χ0n) is 16.3. The van der Waals surface area contributed by atoms with E-state index in [9.17, 15) is 26.3 Å². The number of pyridine rings is 1. The Hall–Kier alpha value is -2.39. The Morgan fingerprint density at radius 1 is 1.17 bits per heavy atom.